The summed E-state index contributed by atoms with van der Waals surface area (Å²) in [5, 5.41) is 10.1. The van der Waals surface area contributed by atoms with Crippen LogP contribution >= 0.6 is 0 Å². The molecule has 4 rings (SSSR count). The highest BCUT2D eigenvalue weighted by Gasteiger charge is 2.28. The van der Waals surface area contributed by atoms with Gasteiger partial charge in [-0.15, -0.1) is 10.2 Å². The van der Waals surface area contributed by atoms with E-state index < -0.39 is 0 Å². The van der Waals surface area contributed by atoms with E-state index in [-0.39, 0.29) is 12.0 Å². The molecule has 0 bridgehead atoms. The predicted octanol–water partition coefficient (Wildman–Crippen LogP) is 2.93. The Labute approximate surface area is 151 Å². The number of fused-ring (bicyclic) bond motifs is 1. The lowest BCUT2D eigenvalue weighted by atomic mass is 10.1. The second kappa shape index (κ2) is 7.00. The van der Waals surface area contributed by atoms with E-state index in [1.54, 1.807) is 12.1 Å². The summed E-state index contributed by atoms with van der Waals surface area (Å²) in [5.41, 5.74) is 0.702. The fourth-order valence-corrected chi connectivity index (χ4v) is 3.16. The van der Waals surface area contributed by atoms with E-state index in [0.717, 1.165) is 17.2 Å². The highest BCUT2D eigenvalue weighted by Crippen LogP contribution is 2.21. The Morgan fingerprint density at radius 2 is 1.81 bits per heavy atom. The molecule has 1 aliphatic heterocycles. The maximum atomic E-state index is 12.8. The number of carbonyl (C=O) groups excluding carboxylic acids is 1. The molecule has 0 spiro atoms. The summed E-state index contributed by atoms with van der Waals surface area (Å²) in [6, 6.07) is 17.3. The molecule has 1 amide bonds. The van der Waals surface area contributed by atoms with Gasteiger partial charge in [0.25, 0.3) is 5.91 Å². The number of ether oxygens (including phenoxy) is 2. The van der Waals surface area contributed by atoms with Gasteiger partial charge in [0.15, 0.2) is 0 Å². The number of benzene rings is 2. The molecule has 1 aliphatic rings. The van der Waals surface area contributed by atoms with Crippen LogP contribution in [0.4, 0.5) is 0 Å². The van der Waals surface area contributed by atoms with Gasteiger partial charge in [-0.1, -0.05) is 30.3 Å². The minimum absolute atomic E-state index is 0.0302. The van der Waals surface area contributed by atoms with Crippen molar-refractivity contribution in [3.8, 4) is 11.8 Å². The van der Waals surface area contributed by atoms with Gasteiger partial charge in [0.05, 0.1) is 13.7 Å². The molecule has 0 radical (unpaired) electrons. The average molecular weight is 349 g/mol. The second-order valence-corrected chi connectivity index (χ2v) is 6.26. The molecule has 2 aromatic carbocycles. The van der Waals surface area contributed by atoms with E-state index in [0.29, 0.717) is 30.4 Å². The predicted molar refractivity (Wildman–Crippen MR) is 97.5 cm³/mol. The van der Waals surface area contributed by atoms with E-state index in [1.807, 2.05) is 47.4 Å². The van der Waals surface area contributed by atoms with Crippen molar-refractivity contribution < 1.29 is 14.3 Å². The molecule has 6 nitrogen and oxygen atoms in total. The first-order valence-corrected chi connectivity index (χ1v) is 8.55. The molecule has 1 saturated heterocycles. The third-order valence-electron chi connectivity index (χ3n) is 4.54. The van der Waals surface area contributed by atoms with Gasteiger partial charge in [-0.3, -0.25) is 4.79 Å². The highest BCUT2D eigenvalue weighted by molar-refractivity contribution is 5.98. The maximum Gasteiger partial charge on any atom is 0.254 e. The van der Waals surface area contributed by atoms with Gasteiger partial charge >= 0.3 is 0 Å². The van der Waals surface area contributed by atoms with Crippen molar-refractivity contribution in [3.05, 3.63) is 60.2 Å². The third-order valence-corrected chi connectivity index (χ3v) is 4.54. The summed E-state index contributed by atoms with van der Waals surface area (Å²) in [6.45, 7) is 1.21. The second-order valence-electron chi connectivity index (χ2n) is 6.26. The summed E-state index contributed by atoms with van der Waals surface area (Å²) in [5.74, 6) is 0.912. The SMILES string of the molecule is COc1ccc(OC2CCN(C(=O)c3ccc4ccccc4c3)C2)nn1. The van der Waals surface area contributed by atoms with E-state index in [1.165, 1.54) is 7.11 Å². The van der Waals surface area contributed by atoms with Gasteiger partial charge < -0.3 is 14.4 Å². The molecular formula is C20H19N3O3. The molecule has 1 unspecified atom stereocenters. The summed E-state index contributed by atoms with van der Waals surface area (Å²) >= 11 is 0. The zero-order valence-corrected chi connectivity index (χ0v) is 14.5. The van der Waals surface area contributed by atoms with E-state index in [2.05, 4.69) is 10.2 Å². The molecule has 1 atom stereocenters. The number of likely N-dealkylation sites (tertiary alicyclic amines) is 1. The van der Waals surface area contributed by atoms with Crippen LogP contribution < -0.4 is 9.47 Å². The number of hydrogen-bond acceptors (Lipinski definition) is 5. The van der Waals surface area contributed by atoms with Crippen LogP contribution in [0.3, 0.4) is 0 Å². The Kier molecular flexibility index (Phi) is 4.39. The molecule has 2 heterocycles. The Hall–Kier alpha value is -3.15. The standard InChI is InChI=1S/C20H19N3O3/c1-25-18-8-9-19(22-21-18)26-17-10-11-23(13-17)20(24)16-7-6-14-4-2-3-5-15(14)12-16/h2-9,12,17H,10-11,13H2,1H3. The molecular weight excluding hydrogens is 330 g/mol. The number of aromatic nitrogens is 2. The van der Waals surface area contributed by atoms with Crippen molar-refractivity contribution >= 4 is 16.7 Å². The third kappa shape index (κ3) is 3.31. The molecule has 132 valence electrons. The van der Waals surface area contributed by atoms with Gasteiger partial charge in [0, 0.05) is 30.7 Å². The Balaban J connectivity index is 1.42. The fraction of sp³-hybridized carbons (Fsp3) is 0.250. The van der Waals surface area contributed by atoms with E-state index in [9.17, 15) is 4.79 Å². The zero-order chi connectivity index (χ0) is 17.9. The largest absolute Gasteiger partial charge is 0.480 e. The minimum Gasteiger partial charge on any atom is -0.480 e. The van der Waals surface area contributed by atoms with Gasteiger partial charge in [-0.2, -0.15) is 0 Å². The lowest BCUT2D eigenvalue weighted by Gasteiger charge is -2.17. The Morgan fingerprint density at radius 1 is 1.04 bits per heavy atom. The van der Waals surface area contributed by atoms with Crippen molar-refractivity contribution in [2.24, 2.45) is 0 Å². The number of rotatable bonds is 4. The molecule has 26 heavy (non-hydrogen) atoms. The summed E-state index contributed by atoms with van der Waals surface area (Å²) in [7, 11) is 1.54. The van der Waals surface area contributed by atoms with Crippen LogP contribution in [0.1, 0.15) is 16.8 Å². The summed E-state index contributed by atoms with van der Waals surface area (Å²) in [6.07, 6.45) is 0.689. The monoisotopic (exact) mass is 349 g/mol. The van der Waals surface area contributed by atoms with E-state index in [4.69, 9.17) is 9.47 Å². The van der Waals surface area contributed by atoms with E-state index >= 15 is 0 Å². The van der Waals surface area contributed by atoms with Crippen molar-refractivity contribution in [2.75, 3.05) is 20.2 Å². The molecule has 0 N–H and O–H groups in total. The number of carbonyl (C=O) groups is 1. The molecule has 6 heteroatoms. The maximum absolute atomic E-state index is 12.8. The highest BCUT2D eigenvalue weighted by atomic mass is 16.5. The first kappa shape index (κ1) is 16.3. The first-order valence-electron chi connectivity index (χ1n) is 8.55. The summed E-state index contributed by atoms with van der Waals surface area (Å²) in [4.78, 5) is 14.6. The molecule has 0 saturated carbocycles. The van der Waals surface area contributed by atoms with Crippen molar-refractivity contribution in [3.63, 3.8) is 0 Å². The number of amides is 1. The average Bonchev–Trinajstić information content (AvgIpc) is 3.16. The molecule has 0 aliphatic carbocycles. The summed E-state index contributed by atoms with van der Waals surface area (Å²) < 4.78 is 10.8. The van der Waals surface area contributed by atoms with Crippen LogP contribution in [0.2, 0.25) is 0 Å². The number of hydrogen-bond donors (Lipinski definition) is 0. The van der Waals surface area contributed by atoms with Gasteiger partial charge in [-0.25, -0.2) is 0 Å². The van der Waals surface area contributed by atoms with Crippen molar-refractivity contribution in [1.29, 1.82) is 0 Å². The van der Waals surface area contributed by atoms with Crippen LogP contribution in [-0.2, 0) is 0 Å². The Morgan fingerprint density at radius 3 is 2.58 bits per heavy atom. The number of methoxy groups -OCH3 is 1. The minimum atomic E-state index is -0.0814. The van der Waals surface area contributed by atoms with Crippen molar-refractivity contribution in [1.82, 2.24) is 15.1 Å². The lowest BCUT2D eigenvalue weighted by Crippen LogP contribution is -2.31. The molecule has 3 aromatic rings. The van der Waals surface area contributed by atoms with Crippen molar-refractivity contribution in [2.45, 2.75) is 12.5 Å². The van der Waals surface area contributed by atoms with Crippen LogP contribution in [0.5, 0.6) is 11.8 Å². The van der Waals surface area contributed by atoms with Crippen LogP contribution in [0.15, 0.2) is 54.6 Å². The Bertz CT molecular complexity index is 927. The van der Waals surface area contributed by atoms with Gasteiger partial charge in [-0.05, 0) is 22.9 Å². The van der Waals surface area contributed by atoms with Crippen LogP contribution in [-0.4, -0.2) is 47.3 Å². The smallest absolute Gasteiger partial charge is 0.254 e. The van der Waals surface area contributed by atoms with Gasteiger partial charge in [0.1, 0.15) is 6.10 Å². The van der Waals surface area contributed by atoms with Crippen LogP contribution in [0, 0.1) is 0 Å². The lowest BCUT2D eigenvalue weighted by molar-refractivity contribution is 0.0771. The van der Waals surface area contributed by atoms with Gasteiger partial charge in [0.2, 0.25) is 11.8 Å². The normalized spacial score (nSPS) is 16.7. The molecule has 1 aromatic heterocycles. The fourth-order valence-electron chi connectivity index (χ4n) is 3.16. The molecule has 1 fully saturated rings. The van der Waals surface area contributed by atoms with Crippen LogP contribution in [0.25, 0.3) is 10.8 Å². The zero-order valence-electron chi connectivity index (χ0n) is 14.5. The first-order chi connectivity index (χ1) is 12.7. The quantitative estimate of drug-likeness (QED) is 0.725. The number of nitrogens with zero attached hydrogens (tertiary/aromatic N) is 3. The topological polar surface area (TPSA) is 64.6 Å².